The molecule has 5 heteroatoms. The number of anilines is 1. The van der Waals surface area contributed by atoms with Crippen molar-refractivity contribution in [3.05, 3.63) is 11.1 Å². The molecule has 1 aromatic heterocycles. The van der Waals surface area contributed by atoms with Gasteiger partial charge < -0.3 is 10.1 Å². The van der Waals surface area contributed by atoms with E-state index in [0.717, 1.165) is 5.13 Å². The zero-order chi connectivity index (χ0) is 12.3. The van der Waals surface area contributed by atoms with Crippen molar-refractivity contribution in [3.8, 4) is 0 Å². The van der Waals surface area contributed by atoms with Crippen LogP contribution in [0, 0.1) is 5.92 Å². The molecule has 17 heavy (non-hydrogen) atoms. The number of nitrogens with one attached hydrogen (secondary N) is 1. The number of carbonyl (C=O) groups excluding carboxylic acids is 1. The summed E-state index contributed by atoms with van der Waals surface area (Å²) in [5.74, 6) is 0.306. The van der Waals surface area contributed by atoms with Gasteiger partial charge in [0.15, 0.2) is 10.8 Å². The number of aromatic nitrogens is 1. The molecule has 0 aromatic carbocycles. The van der Waals surface area contributed by atoms with E-state index in [1.807, 2.05) is 0 Å². The fraction of sp³-hybridized carbons (Fsp3) is 0.667. The van der Waals surface area contributed by atoms with Crippen molar-refractivity contribution >= 4 is 22.4 Å². The van der Waals surface area contributed by atoms with Crippen LogP contribution in [0.1, 0.15) is 43.1 Å². The fourth-order valence-electron chi connectivity index (χ4n) is 2.23. The maximum absolute atomic E-state index is 11.3. The van der Waals surface area contributed by atoms with Crippen LogP contribution in [0.4, 0.5) is 5.13 Å². The Morgan fingerprint density at radius 3 is 3.00 bits per heavy atom. The molecular formula is C12H18N2O2S. The van der Waals surface area contributed by atoms with Gasteiger partial charge in [-0.15, -0.1) is 11.3 Å². The Morgan fingerprint density at radius 2 is 2.29 bits per heavy atom. The number of hydrogen-bond acceptors (Lipinski definition) is 5. The van der Waals surface area contributed by atoms with Gasteiger partial charge in [0, 0.05) is 11.4 Å². The van der Waals surface area contributed by atoms with Gasteiger partial charge in [0.2, 0.25) is 0 Å². The normalized spacial score (nSPS) is 24.4. The van der Waals surface area contributed by atoms with E-state index in [2.05, 4.69) is 22.0 Å². The van der Waals surface area contributed by atoms with Crippen molar-refractivity contribution in [2.45, 2.75) is 38.6 Å². The smallest absolute Gasteiger partial charge is 0.357 e. The fourth-order valence-corrected chi connectivity index (χ4v) is 2.97. The van der Waals surface area contributed by atoms with Crippen LogP contribution in [0.2, 0.25) is 0 Å². The lowest BCUT2D eigenvalue weighted by molar-refractivity contribution is 0.0595. The highest BCUT2D eigenvalue weighted by atomic mass is 32.1. The highest BCUT2D eigenvalue weighted by molar-refractivity contribution is 7.13. The van der Waals surface area contributed by atoms with Crippen LogP contribution in [0.15, 0.2) is 5.38 Å². The number of hydrogen-bond donors (Lipinski definition) is 1. The van der Waals surface area contributed by atoms with E-state index in [1.165, 1.54) is 44.1 Å². The molecule has 1 fully saturated rings. The third-order valence-electron chi connectivity index (χ3n) is 3.32. The van der Waals surface area contributed by atoms with Crippen LogP contribution in [0.25, 0.3) is 0 Å². The van der Waals surface area contributed by atoms with Gasteiger partial charge in [0.25, 0.3) is 0 Å². The molecule has 1 saturated carbocycles. The second-order valence-corrected chi connectivity index (χ2v) is 5.40. The van der Waals surface area contributed by atoms with Gasteiger partial charge in [0.05, 0.1) is 7.11 Å². The third kappa shape index (κ3) is 2.97. The van der Waals surface area contributed by atoms with Gasteiger partial charge in [-0.3, -0.25) is 0 Å². The van der Waals surface area contributed by atoms with Crippen LogP contribution in [-0.4, -0.2) is 24.1 Å². The van der Waals surface area contributed by atoms with Gasteiger partial charge in [-0.05, 0) is 18.8 Å². The predicted octanol–water partition coefficient (Wildman–Crippen LogP) is 2.92. The molecule has 0 bridgehead atoms. The quantitative estimate of drug-likeness (QED) is 0.843. The number of rotatable bonds is 3. The SMILES string of the molecule is COC(=O)c1csc(NC2CCCCC2C)n1. The van der Waals surface area contributed by atoms with Crippen molar-refractivity contribution in [2.24, 2.45) is 5.92 Å². The molecule has 1 heterocycles. The van der Waals surface area contributed by atoms with E-state index in [4.69, 9.17) is 0 Å². The molecule has 0 amide bonds. The first kappa shape index (κ1) is 12.4. The van der Waals surface area contributed by atoms with Crippen molar-refractivity contribution in [1.82, 2.24) is 4.98 Å². The second-order valence-electron chi connectivity index (χ2n) is 4.54. The standard InChI is InChI=1S/C12H18N2O2S/c1-8-5-3-4-6-9(8)13-12-14-10(7-17-12)11(15)16-2/h7-9H,3-6H2,1-2H3,(H,13,14). The molecule has 1 aliphatic carbocycles. The lowest BCUT2D eigenvalue weighted by Crippen LogP contribution is -2.30. The lowest BCUT2D eigenvalue weighted by Gasteiger charge is -2.29. The number of nitrogens with zero attached hydrogens (tertiary/aromatic N) is 1. The summed E-state index contributed by atoms with van der Waals surface area (Å²) in [6.07, 6.45) is 5.06. The molecule has 0 aliphatic heterocycles. The molecule has 0 radical (unpaired) electrons. The van der Waals surface area contributed by atoms with E-state index < -0.39 is 0 Å². The first-order valence-corrected chi connectivity index (χ1v) is 6.89. The monoisotopic (exact) mass is 254 g/mol. The van der Waals surface area contributed by atoms with Crippen molar-refractivity contribution < 1.29 is 9.53 Å². The Morgan fingerprint density at radius 1 is 1.53 bits per heavy atom. The molecule has 4 nitrogen and oxygen atoms in total. The molecular weight excluding hydrogens is 236 g/mol. The second kappa shape index (κ2) is 5.49. The predicted molar refractivity (Wildman–Crippen MR) is 68.5 cm³/mol. The van der Waals surface area contributed by atoms with E-state index in [0.29, 0.717) is 17.7 Å². The zero-order valence-electron chi connectivity index (χ0n) is 10.2. The first-order valence-electron chi connectivity index (χ1n) is 6.01. The van der Waals surface area contributed by atoms with Gasteiger partial charge in [-0.1, -0.05) is 19.8 Å². The van der Waals surface area contributed by atoms with Crippen LogP contribution >= 0.6 is 11.3 Å². The van der Waals surface area contributed by atoms with E-state index >= 15 is 0 Å². The Bertz CT molecular complexity index is 392. The summed E-state index contributed by atoms with van der Waals surface area (Å²) in [5.41, 5.74) is 0.392. The summed E-state index contributed by atoms with van der Waals surface area (Å²) in [7, 11) is 1.37. The van der Waals surface area contributed by atoms with Gasteiger partial charge in [0.1, 0.15) is 0 Å². The molecule has 1 aliphatic rings. The lowest BCUT2D eigenvalue weighted by atomic mass is 9.86. The minimum atomic E-state index is -0.369. The highest BCUT2D eigenvalue weighted by Gasteiger charge is 2.22. The average molecular weight is 254 g/mol. The number of thiazole rings is 1. The average Bonchev–Trinajstić information content (AvgIpc) is 2.80. The Kier molecular flexibility index (Phi) is 3.99. The summed E-state index contributed by atoms with van der Waals surface area (Å²) in [6, 6.07) is 0.486. The number of ether oxygens (including phenoxy) is 1. The summed E-state index contributed by atoms with van der Waals surface area (Å²) in [4.78, 5) is 15.5. The summed E-state index contributed by atoms with van der Waals surface area (Å²) in [5, 5.41) is 5.99. The van der Waals surface area contributed by atoms with Gasteiger partial charge in [-0.25, -0.2) is 9.78 Å². The van der Waals surface area contributed by atoms with E-state index in [9.17, 15) is 4.79 Å². The molecule has 0 spiro atoms. The summed E-state index contributed by atoms with van der Waals surface area (Å²) < 4.78 is 4.64. The van der Waals surface area contributed by atoms with Gasteiger partial charge in [-0.2, -0.15) is 0 Å². The molecule has 0 saturated heterocycles. The molecule has 94 valence electrons. The molecule has 2 unspecified atom stereocenters. The molecule has 2 rings (SSSR count). The molecule has 2 atom stereocenters. The topological polar surface area (TPSA) is 51.2 Å². The minimum Gasteiger partial charge on any atom is -0.464 e. The minimum absolute atomic E-state index is 0.369. The number of methoxy groups -OCH3 is 1. The summed E-state index contributed by atoms with van der Waals surface area (Å²) in [6.45, 7) is 2.27. The highest BCUT2D eigenvalue weighted by Crippen LogP contribution is 2.28. The Labute approximate surface area is 105 Å². The maximum atomic E-state index is 11.3. The molecule has 1 N–H and O–H groups in total. The number of esters is 1. The first-order chi connectivity index (χ1) is 8.20. The van der Waals surface area contributed by atoms with Crippen LogP contribution in [-0.2, 0) is 4.74 Å². The van der Waals surface area contributed by atoms with Crippen LogP contribution < -0.4 is 5.32 Å². The van der Waals surface area contributed by atoms with Crippen LogP contribution in [0.5, 0.6) is 0 Å². The van der Waals surface area contributed by atoms with Gasteiger partial charge >= 0.3 is 5.97 Å². The zero-order valence-corrected chi connectivity index (χ0v) is 11.0. The Balaban J connectivity index is 1.98. The van der Waals surface area contributed by atoms with Crippen LogP contribution in [0.3, 0.4) is 0 Å². The van der Waals surface area contributed by atoms with Crippen molar-refractivity contribution in [3.63, 3.8) is 0 Å². The Hall–Kier alpha value is -1.10. The largest absolute Gasteiger partial charge is 0.464 e. The molecule has 1 aromatic rings. The van der Waals surface area contributed by atoms with Crippen molar-refractivity contribution in [2.75, 3.05) is 12.4 Å². The van der Waals surface area contributed by atoms with E-state index in [-0.39, 0.29) is 5.97 Å². The third-order valence-corrected chi connectivity index (χ3v) is 4.09. The maximum Gasteiger partial charge on any atom is 0.357 e. The van der Waals surface area contributed by atoms with Crippen molar-refractivity contribution in [1.29, 1.82) is 0 Å². The summed E-state index contributed by atoms with van der Waals surface area (Å²) >= 11 is 1.47. The number of carbonyl (C=O) groups is 1. The van der Waals surface area contributed by atoms with E-state index in [1.54, 1.807) is 5.38 Å².